The van der Waals surface area contributed by atoms with E-state index in [2.05, 4.69) is 36.2 Å². The van der Waals surface area contributed by atoms with Crippen molar-refractivity contribution < 1.29 is 5.11 Å². The first-order chi connectivity index (χ1) is 8.00. The molecule has 94 valence electrons. The summed E-state index contributed by atoms with van der Waals surface area (Å²) in [6.07, 6.45) is 2.28. The Bertz CT molecular complexity index is 355. The Morgan fingerprint density at radius 1 is 1.24 bits per heavy atom. The molecule has 2 heteroatoms. The van der Waals surface area contributed by atoms with Gasteiger partial charge in [-0.15, -0.1) is 0 Å². The highest BCUT2D eigenvalue weighted by Gasteiger charge is 2.38. The van der Waals surface area contributed by atoms with Crippen LogP contribution in [0.25, 0.3) is 0 Å². The van der Waals surface area contributed by atoms with Crippen LogP contribution in [0.4, 0.5) is 0 Å². The molecular formula is C15H23NO. The molecule has 2 unspecified atom stereocenters. The maximum Gasteiger partial charge on any atom is 0.0638 e. The van der Waals surface area contributed by atoms with E-state index in [-0.39, 0.29) is 0 Å². The van der Waals surface area contributed by atoms with Gasteiger partial charge in [-0.3, -0.25) is 4.90 Å². The van der Waals surface area contributed by atoms with Crippen LogP contribution in [0.2, 0.25) is 0 Å². The quantitative estimate of drug-likeness (QED) is 0.849. The van der Waals surface area contributed by atoms with E-state index in [1.807, 2.05) is 19.9 Å². The molecule has 1 aliphatic heterocycles. The number of benzene rings is 1. The second kappa shape index (κ2) is 4.79. The Morgan fingerprint density at radius 3 is 2.47 bits per heavy atom. The lowest BCUT2D eigenvalue weighted by Gasteiger charge is -2.44. The third-order valence-electron chi connectivity index (χ3n) is 3.93. The zero-order valence-electron chi connectivity index (χ0n) is 11.1. The highest BCUT2D eigenvalue weighted by Crippen LogP contribution is 2.40. The van der Waals surface area contributed by atoms with E-state index in [1.165, 1.54) is 12.0 Å². The van der Waals surface area contributed by atoms with E-state index in [0.717, 1.165) is 13.0 Å². The number of nitrogens with zero attached hydrogens (tertiary/aromatic N) is 1. The van der Waals surface area contributed by atoms with Crippen molar-refractivity contribution in [2.24, 2.45) is 5.92 Å². The molecule has 0 radical (unpaired) electrons. The normalized spacial score (nSPS) is 27.1. The van der Waals surface area contributed by atoms with E-state index in [4.69, 9.17) is 0 Å². The second-order valence-corrected chi connectivity index (χ2v) is 5.74. The van der Waals surface area contributed by atoms with Crippen LogP contribution in [-0.2, 0) is 0 Å². The second-order valence-electron chi connectivity index (χ2n) is 5.74. The highest BCUT2D eigenvalue weighted by molar-refractivity contribution is 5.21. The molecule has 17 heavy (non-hydrogen) atoms. The van der Waals surface area contributed by atoms with Crippen molar-refractivity contribution in [3.63, 3.8) is 0 Å². The molecule has 1 fully saturated rings. The predicted molar refractivity (Wildman–Crippen MR) is 70.8 cm³/mol. The highest BCUT2D eigenvalue weighted by atomic mass is 16.3. The fourth-order valence-electron chi connectivity index (χ4n) is 3.04. The molecule has 2 nitrogen and oxygen atoms in total. The van der Waals surface area contributed by atoms with Gasteiger partial charge in [0.2, 0.25) is 0 Å². The molecule has 1 aromatic rings. The Hall–Kier alpha value is -0.860. The third kappa shape index (κ3) is 2.70. The van der Waals surface area contributed by atoms with Gasteiger partial charge in [-0.1, -0.05) is 30.3 Å². The van der Waals surface area contributed by atoms with E-state index in [1.54, 1.807) is 0 Å². The van der Waals surface area contributed by atoms with Crippen molar-refractivity contribution in [3.05, 3.63) is 35.9 Å². The molecular weight excluding hydrogens is 210 g/mol. The zero-order valence-corrected chi connectivity index (χ0v) is 11.1. The minimum Gasteiger partial charge on any atom is -0.390 e. The third-order valence-corrected chi connectivity index (χ3v) is 3.93. The van der Waals surface area contributed by atoms with Gasteiger partial charge >= 0.3 is 0 Å². The van der Waals surface area contributed by atoms with Crippen molar-refractivity contribution in [2.45, 2.75) is 38.3 Å². The Morgan fingerprint density at radius 2 is 1.88 bits per heavy atom. The molecule has 1 aliphatic rings. The molecule has 1 aromatic carbocycles. The Kier molecular flexibility index (Phi) is 3.55. The van der Waals surface area contributed by atoms with Crippen LogP contribution in [-0.4, -0.2) is 29.2 Å². The van der Waals surface area contributed by atoms with E-state index < -0.39 is 5.60 Å². The summed E-state index contributed by atoms with van der Waals surface area (Å²) in [5.41, 5.74) is 0.705. The van der Waals surface area contributed by atoms with Gasteiger partial charge in [0.25, 0.3) is 0 Å². The van der Waals surface area contributed by atoms with Gasteiger partial charge in [0.15, 0.2) is 0 Å². The molecule has 0 aliphatic carbocycles. The molecule has 0 spiro atoms. The largest absolute Gasteiger partial charge is 0.390 e. The molecule has 0 amide bonds. The summed E-state index contributed by atoms with van der Waals surface area (Å²) in [6, 6.07) is 10.9. The number of rotatable bonds is 2. The molecule has 1 saturated heterocycles. The lowest BCUT2D eigenvalue weighted by molar-refractivity contribution is -0.0462. The predicted octanol–water partition coefficient (Wildman–Crippen LogP) is 2.84. The Balaban J connectivity index is 2.32. The van der Waals surface area contributed by atoms with Gasteiger partial charge in [0, 0.05) is 12.0 Å². The SMILES string of the molecule is CN1CCCC(C(C)(C)O)C1c1ccccc1. The molecule has 2 atom stereocenters. The van der Waals surface area contributed by atoms with Crippen LogP contribution in [0.5, 0.6) is 0 Å². The minimum atomic E-state index is -0.616. The fraction of sp³-hybridized carbons (Fsp3) is 0.600. The summed E-state index contributed by atoms with van der Waals surface area (Å²) < 4.78 is 0. The number of aliphatic hydroxyl groups is 1. The van der Waals surface area contributed by atoms with E-state index in [9.17, 15) is 5.11 Å². The number of hydrogen-bond acceptors (Lipinski definition) is 2. The average Bonchev–Trinajstić information content (AvgIpc) is 2.28. The van der Waals surface area contributed by atoms with Gasteiger partial charge in [-0.05, 0) is 45.8 Å². The first kappa shape index (κ1) is 12.6. The molecule has 1 heterocycles. The topological polar surface area (TPSA) is 23.5 Å². The van der Waals surface area contributed by atoms with Gasteiger partial charge in [-0.2, -0.15) is 0 Å². The maximum absolute atomic E-state index is 10.4. The van der Waals surface area contributed by atoms with Crippen LogP contribution in [0.1, 0.15) is 38.3 Å². The smallest absolute Gasteiger partial charge is 0.0638 e. The molecule has 0 saturated carbocycles. The fourth-order valence-corrected chi connectivity index (χ4v) is 3.04. The monoisotopic (exact) mass is 233 g/mol. The molecule has 2 rings (SSSR count). The summed E-state index contributed by atoms with van der Waals surface area (Å²) in [5, 5.41) is 10.4. The van der Waals surface area contributed by atoms with Crippen LogP contribution in [0.15, 0.2) is 30.3 Å². The lowest BCUT2D eigenvalue weighted by Crippen LogP contribution is -2.45. The van der Waals surface area contributed by atoms with Gasteiger partial charge in [0.1, 0.15) is 0 Å². The van der Waals surface area contributed by atoms with Crippen LogP contribution < -0.4 is 0 Å². The molecule has 0 aromatic heterocycles. The Labute approximate surface area is 104 Å². The number of piperidine rings is 1. The minimum absolute atomic E-state index is 0.309. The summed E-state index contributed by atoms with van der Waals surface area (Å²) in [6.45, 7) is 4.99. The van der Waals surface area contributed by atoms with E-state index in [0.29, 0.717) is 12.0 Å². The van der Waals surface area contributed by atoms with Crippen molar-refractivity contribution in [3.8, 4) is 0 Å². The zero-order chi connectivity index (χ0) is 12.5. The van der Waals surface area contributed by atoms with Gasteiger partial charge in [0.05, 0.1) is 5.60 Å². The van der Waals surface area contributed by atoms with Gasteiger partial charge < -0.3 is 5.11 Å². The van der Waals surface area contributed by atoms with Crippen molar-refractivity contribution in [1.82, 2.24) is 4.90 Å². The molecule has 0 bridgehead atoms. The summed E-state index contributed by atoms with van der Waals surface area (Å²) in [5.74, 6) is 0.309. The first-order valence-electron chi connectivity index (χ1n) is 6.47. The number of hydrogen-bond donors (Lipinski definition) is 1. The van der Waals surface area contributed by atoms with Crippen molar-refractivity contribution in [1.29, 1.82) is 0 Å². The van der Waals surface area contributed by atoms with Crippen molar-refractivity contribution >= 4 is 0 Å². The van der Waals surface area contributed by atoms with Crippen molar-refractivity contribution in [2.75, 3.05) is 13.6 Å². The average molecular weight is 233 g/mol. The van der Waals surface area contributed by atoms with E-state index >= 15 is 0 Å². The molecule has 1 N–H and O–H groups in total. The summed E-state index contributed by atoms with van der Waals surface area (Å²) in [4.78, 5) is 2.38. The first-order valence-corrected chi connectivity index (χ1v) is 6.47. The summed E-state index contributed by atoms with van der Waals surface area (Å²) >= 11 is 0. The lowest BCUT2D eigenvalue weighted by atomic mass is 9.75. The maximum atomic E-state index is 10.4. The van der Waals surface area contributed by atoms with Crippen LogP contribution in [0, 0.1) is 5.92 Å². The summed E-state index contributed by atoms with van der Waals surface area (Å²) in [7, 11) is 2.16. The van der Waals surface area contributed by atoms with Gasteiger partial charge in [-0.25, -0.2) is 0 Å². The number of likely N-dealkylation sites (tertiary alicyclic amines) is 1. The van der Waals surface area contributed by atoms with Crippen LogP contribution in [0.3, 0.4) is 0 Å². The van der Waals surface area contributed by atoms with Crippen LogP contribution >= 0.6 is 0 Å². The standard InChI is InChI=1S/C15H23NO/c1-15(2,17)13-10-7-11-16(3)14(13)12-8-5-4-6-9-12/h4-6,8-9,13-14,17H,7,10-11H2,1-3H3.